The number of nitrogens with zero attached hydrogens (tertiary/aromatic N) is 1. The maximum absolute atomic E-state index is 13.9. The maximum atomic E-state index is 13.9. The van der Waals surface area contributed by atoms with Crippen LogP contribution in [0.15, 0.2) is 60.7 Å². The molecule has 1 fully saturated rings. The zero-order valence-corrected chi connectivity index (χ0v) is 24.1. The molecule has 0 aliphatic carbocycles. The van der Waals surface area contributed by atoms with Gasteiger partial charge in [0.25, 0.3) is 11.8 Å². The molecule has 7 nitrogen and oxygen atoms in total. The van der Waals surface area contributed by atoms with Crippen LogP contribution < -0.4 is 10.6 Å². The highest BCUT2D eigenvalue weighted by atomic mass is 19.1. The van der Waals surface area contributed by atoms with Gasteiger partial charge < -0.3 is 25.7 Å². The minimum atomic E-state index is -1.09. The Hall–Kier alpha value is -3.66. The molecule has 0 saturated carbocycles. The SMILES string of the molecule is CCc1cccc(CNCC(O)C(Cc2cc(F)cc(F)c2)NC(=O)c2cc(C)cc(C(=O)N3CCCC(O)C3)c2)c1. The molecule has 3 aromatic rings. The number of aliphatic hydroxyl groups is 2. The number of hydrogen-bond acceptors (Lipinski definition) is 5. The molecule has 4 rings (SSSR count). The van der Waals surface area contributed by atoms with E-state index in [1.54, 1.807) is 24.0 Å². The van der Waals surface area contributed by atoms with Gasteiger partial charge in [-0.15, -0.1) is 0 Å². The van der Waals surface area contributed by atoms with Crippen LogP contribution in [-0.2, 0) is 19.4 Å². The lowest BCUT2D eigenvalue weighted by Crippen LogP contribution is -2.48. The Morgan fingerprint density at radius 3 is 2.43 bits per heavy atom. The molecule has 42 heavy (non-hydrogen) atoms. The normalized spacial score (nSPS) is 16.6. The standard InChI is InChI=1S/C33H39F2N3O4/c1-3-22-6-4-7-23(12-22)18-36-19-31(40)30(15-24-13-27(34)17-28(35)14-24)37-32(41)25-10-21(2)11-26(16-25)33(42)38-9-5-8-29(39)20-38/h4,6-7,10-14,16-17,29-31,36,39-40H,3,5,8-9,15,18-20H2,1-2H3,(H,37,41). The fraction of sp³-hybridized carbons (Fsp3) is 0.394. The van der Waals surface area contributed by atoms with Gasteiger partial charge in [0.05, 0.1) is 18.2 Å². The maximum Gasteiger partial charge on any atom is 0.253 e. The van der Waals surface area contributed by atoms with Crippen LogP contribution in [0, 0.1) is 18.6 Å². The van der Waals surface area contributed by atoms with E-state index in [-0.39, 0.29) is 36.5 Å². The summed E-state index contributed by atoms with van der Waals surface area (Å²) >= 11 is 0. The van der Waals surface area contributed by atoms with E-state index in [2.05, 4.69) is 23.6 Å². The fourth-order valence-corrected chi connectivity index (χ4v) is 5.34. The van der Waals surface area contributed by atoms with Crippen molar-refractivity contribution in [2.75, 3.05) is 19.6 Å². The second kappa shape index (κ2) is 14.5. The van der Waals surface area contributed by atoms with Crippen molar-refractivity contribution in [3.8, 4) is 0 Å². The van der Waals surface area contributed by atoms with Crippen molar-refractivity contribution in [1.29, 1.82) is 0 Å². The molecule has 3 aromatic carbocycles. The Labute approximate surface area is 245 Å². The summed E-state index contributed by atoms with van der Waals surface area (Å²) in [6.07, 6.45) is 0.567. The van der Waals surface area contributed by atoms with Crippen LogP contribution in [0.4, 0.5) is 8.78 Å². The lowest BCUT2D eigenvalue weighted by molar-refractivity contribution is 0.0473. The summed E-state index contributed by atoms with van der Waals surface area (Å²) in [6, 6.07) is 15.1. The van der Waals surface area contributed by atoms with Crippen LogP contribution in [0.25, 0.3) is 0 Å². The Morgan fingerprint density at radius 2 is 1.71 bits per heavy atom. The van der Waals surface area contributed by atoms with Gasteiger partial charge in [-0.3, -0.25) is 9.59 Å². The first kappa shape index (κ1) is 31.3. The predicted octanol–water partition coefficient (Wildman–Crippen LogP) is 3.92. The van der Waals surface area contributed by atoms with Gasteiger partial charge >= 0.3 is 0 Å². The van der Waals surface area contributed by atoms with Crippen LogP contribution in [0.5, 0.6) is 0 Å². The molecule has 0 aromatic heterocycles. The molecule has 224 valence electrons. The number of nitrogens with one attached hydrogen (secondary N) is 2. The van der Waals surface area contributed by atoms with E-state index in [4.69, 9.17) is 0 Å². The lowest BCUT2D eigenvalue weighted by atomic mass is 9.99. The number of halogens is 2. The first-order valence-corrected chi connectivity index (χ1v) is 14.4. The van der Waals surface area contributed by atoms with Crippen molar-refractivity contribution in [2.24, 2.45) is 0 Å². The van der Waals surface area contributed by atoms with E-state index in [1.807, 2.05) is 18.2 Å². The van der Waals surface area contributed by atoms with E-state index >= 15 is 0 Å². The van der Waals surface area contributed by atoms with E-state index < -0.39 is 35.8 Å². The molecule has 0 spiro atoms. The Bertz CT molecular complexity index is 1380. The monoisotopic (exact) mass is 579 g/mol. The molecule has 0 bridgehead atoms. The lowest BCUT2D eigenvalue weighted by Gasteiger charge is -2.30. The van der Waals surface area contributed by atoms with Crippen molar-refractivity contribution in [1.82, 2.24) is 15.5 Å². The quantitative estimate of drug-likeness (QED) is 0.276. The number of rotatable bonds is 11. The summed E-state index contributed by atoms with van der Waals surface area (Å²) in [4.78, 5) is 28.2. The number of benzene rings is 3. The number of likely N-dealkylation sites (tertiary alicyclic amines) is 1. The largest absolute Gasteiger partial charge is 0.391 e. The molecule has 1 aliphatic rings. The minimum Gasteiger partial charge on any atom is -0.391 e. The van der Waals surface area contributed by atoms with Gasteiger partial charge in [0.15, 0.2) is 0 Å². The second-order valence-corrected chi connectivity index (χ2v) is 11.1. The highest BCUT2D eigenvalue weighted by molar-refractivity contribution is 6.00. The van der Waals surface area contributed by atoms with Gasteiger partial charge in [-0.1, -0.05) is 31.2 Å². The smallest absolute Gasteiger partial charge is 0.253 e. The van der Waals surface area contributed by atoms with Crippen LogP contribution in [0.3, 0.4) is 0 Å². The van der Waals surface area contributed by atoms with Gasteiger partial charge in [-0.2, -0.15) is 0 Å². The number of carbonyl (C=O) groups is 2. The Morgan fingerprint density at radius 1 is 1.00 bits per heavy atom. The highest BCUT2D eigenvalue weighted by Crippen LogP contribution is 2.18. The molecule has 1 aliphatic heterocycles. The molecule has 0 radical (unpaired) electrons. The van der Waals surface area contributed by atoms with Gasteiger partial charge in [0.1, 0.15) is 11.6 Å². The summed E-state index contributed by atoms with van der Waals surface area (Å²) in [5, 5.41) is 27.2. The second-order valence-electron chi connectivity index (χ2n) is 11.1. The van der Waals surface area contributed by atoms with Crippen molar-refractivity contribution in [3.63, 3.8) is 0 Å². The van der Waals surface area contributed by atoms with Gasteiger partial charge in [0, 0.05) is 43.4 Å². The molecule has 9 heteroatoms. The summed E-state index contributed by atoms with van der Waals surface area (Å²) in [5.74, 6) is -2.29. The third-order valence-electron chi connectivity index (χ3n) is 7.51. The minimum absolute atomic E-state index is 0.0160. The zero-order valence-electron chi connectivity index (χ0n) is 24.1. The van der Waals surface area contributed by atoms with E-state index in [0.29, 0.717) is 37.1 Å². The van der Waals surface area contributed by atoms with Crippen LogP contribution >= 0.6 is 0 Å². The number of aryl methyl sites for hydroxylation is 2. The number of piperidine rings is 1. The van der Waals surface area contributed by atoms with E-state index in [9.17, 15) is 28.6 Å². The van der Waals surface area contributed by atoms with E-state index in [1.165, 1.54) is 23.8 Å². The molecule has 3 unspecified atom stereocenters. The first-order valence-electron chi connectivity index (χ1n) is 14.4. The predicted molar refractivity (Wildman–Crippen MR) is 157 cm³/mol. The molecular weight excluding hydrogens is 540 g/mol. The number of hydrogen-bond donors (Lipinski definition) is 4. The summed E-state index contributed by atoms with van der Waals surface area (Å²) in [7, 11) is 0. The van der Waals surface area contributed by atoms with Crippen molar-refractivity contribution >= 4 is 11.8 Å². The van der Waals surface area contributed by atoms with Crippen molar-refractivity contribution < 1.29 is 28.6 Å². The molecular formula is C33H39F2N3O4. The average molecular weight is 580 g/mol. The number of carbonyl (C=O) groups excluding carboxylic acids is 2. The molecule has 3 atom stereocenters. The van der Waals surface area contributed by atoms with Crippen molar-refractivity contribution in [3.05, 3.63) is 106 Å². The van der Waals surface area contributed by atoms with Gasteiger partial charge in [0.2, 0.25) is 0 Å². The molecule has 1 saturated heterocycles. The number of aliphatic hydroxyl groups excluding tert-OH is 2. The van der Waals surface area contributed by atoms with Crippen LogP contribution in [0.2, 0.25) is 0 Å². The Balaban J connectivity index is 1.50. The van der Waals surface area contributed by atoms with Crippen molar-refractivity contribution in [2.45, 2.75) is 64.3 Å². The van der Waals surface area contributed by atoms with Gasteiger partial charge in [-0.25, -0.2) is 8.78 Å². The first-order chi connectivity index (χ1) is 20.1. The van der Waals surface area contributed by atoms with Crippen LogP contribution in [-0.4, -0.2) is 64.8 Å². The fourth-order valence-electron chi connectivity index (χ4n) is 5.34. The topological polar surface area (TPSA) is 102 Å². The van der Waals surface area contributed by atoms with Gasteiger partial charge in [-0.05, 0) is 85.2 Å². The average Bonchev–Trinajstić information content (AvgIpc) is 2.95. The summed E-state index contributed by atoms with van der Waals surface area (Å²) < 4.78 is 27.9. The third kappa shape index (κ3) is 8.67. The third-order valence-corrected chi connectivity index (χ3v) is 7.51. The zero-order chi connectivity index (χ0) is 30.2. The highest BCUT2D eigenvalue weighted by Gasteiger charge is 2.26. The van der Waals surface area contributed by atoms with E-state index in [0.717, 1.165) is 18.1 Å². The molecule has 1 heterocycles. The van der Waals surface area contributed by atoms with Crippen LogP contribution in [0.1, 0.15) is 62.7 Å². The Kier molecular flexibility index (Phi) is 10.8. The molecule has 4 N–H and O–H groups in total. The number of β-amino-alcohol motifs (C(OH)–C–C–N with tert-alkyl or cyclic N) is 1. The number of amides is 2. The summed E-state index contributed by atoms with van der Waals surface area (Å²) in [6.45, 7) is 5.23. The molecule has 2 amide bonds. The summed E-state index contributed by atoms with van der Waals surface area (Å²) in [5.41, 5.74) is 3.78.